The Kier molecular flexibility index (Phi) is 5.84. The molecule has 15 heavy (non-hydrogen) atoms. The fraction of sp³-hybridized carbons (Fsp3) is 0.125. The molecule has 0 aliphatic heterocycles. The molecule has 0 aliphatic carbocycles. The van der Waals surface area contributed by atoms with Crippen LogP contribution >= 0.6 is 24.8 Å². The topological polar surface area (TPSA) is 69.6 Å². The first kappa shape index (κ1) is 13.8. The maximum atomic E-state index is 5.44. The third-order valence-corrected chi connectivity index (χ3v) is 1.70. The van der Waals surface area contributed by atoms with Crippen LogP contribution in [-0.4, -0.2) is 19.7 Å². The molecule has 7 heteroatoms. The summed E-state index contributed by atoms with van der Waals surface area (Å²) in [6, 6.07) is 3.78. The van der Waals surface area contributed by atoms with Crippen LogP contribution in [0.1, 0.15) is 5.56 Å². The Balaban J connectivity index is 0.000000980. The molecule has 0 saturated heterocycles. The Labute approximate surface area is 99.5 Å². The van der Waals surface area contributed by atoms with Crippen molar-refractivity contribution < 1.29 is 0 Å². The summed E-state index contributed by atoms with van der Waals surface area (Å²) >= 11 is 0. The van der Waals surface area contributed by atoms with Gasteiger partial charge in [0, 0.05) is 12.7 Å². The van der Waals surface area contributed by atoms with Crippen molar-refractivity contribution in [3.63, 3.8) is 0 Å². The van der Waals surface area contributed by atoms with Crippen molar-refractivity contribution in [1.29, 1.82) is 0 Å². The molecule has 0 atom stereocenters. The molecule has 0 fully saturated rings. The highest BCUT2D eigenvalue weighted by molar-refractivity contribution is 5.85. The van der Waals surface area contributed by atoms with Gasteiger partial charge in [0.25, 0.3) is 0 Å². The smallest absolute Gasteiger partial charge is 0.155 e. The Morgan fingerprint density at radius 1 is 1.27 bits per heavy atom. The summed E-state index contributed by atoms with van der Waals surface area (Å²) in [7, 11) is 0. The van der Waals surface area contributed by atoms with Crippen molar-refractivity contribution in [2.75, 3.05) is 0 Å². The molecule has 0 spiro atoms. The van der Waals surface area contributed by atoms with Crippen LogP contribution in [0, 0.1) is 0 Å². The summed E-state index contributed by atoms with van der Waals surface area (Å²) in [4.78, 5) is 8.00. The van der Waals surface area contributed by atoms with Crippen molar-refractivity contribution in [3.05, 3.63) is 36.5 Å². The number of halogens is 2. The highest BCUT2D eigenvalue weighted by atomic mass is 35.5. The van der Waals surface area contributed by atoms with Crippen LogP contribution < -0.4 is 5.73 Å². The van der Waals surface area contributed by atoms with Gasteiger partial charge in [0.15, 0.2) is 5.82 Å². The number of nitrogens with two attached hydrogens (primary N) is 1. The molecule has 2 heterocycles. The SMILES string of the molecule is Cl.Cl.NCc1ccc(-n2cncn2)nc1. The first-order chi connectivity index (χ1) is 6.40. The van der Waals surface area contributed by atoms with Gasteiger partial charge in [-0.25, -0.2) is 14.6 Å². The van der Waals surface area contributed by atoms with E-state index in [1.54, 1.807) is 17.2 Å². The predicted molar refractivity (Wildman–Crippen MR) is 61.5 cm³/mol. The van der Waals surface area contributed by atoms with Crippen molar-refractivity contribution in [1.82, 2.24) is 19.7 Å². The van der Waals surface area contributed by atoms with Gasteiger partial charge in [-0.15, -0.1) is 24.8 Å². The summed E-state index contributed by atoms with van der Waals surface area (Å²) < 4.78 is 1.60. The molecule has 0 radical (unpaired) electrons. The van der Waals surface area contributed by atoms with Gasteiger partial charge < -0.3 is 5.73 Å². The van der Waals surface area contributed by atoms with Crippen molar-refractivity contribution in [2.24, 2.45) is 5.73 Å². The van der Waals surface area contributed by atoms with Crippen molar-refractivity contribution in [3.8, 4) is 5.82 Å². The van der Waals surface area contributed by atoms with E-state index in [4.69, 9.17) is 5.73 Å². The maximum absolute atomic E-state index is 5.44. The summed E-state index contributed by atoms with van der Waals surface area (Å²) in [6.07, 6.45) is 4.81. The average molecular weight is 248 g/mol. The molecule has 0 bridgehead atoms. The molecule has 0 aliphatic rings. The zero-order valence-corrected chi connectivity index (χ0v) is 9.41. The van der Waals surface area contributed by atoms with Gasteiger partial charge in [-0.2, -0.15) is 5.10 Å². The first-order valence-electron chi connectivity index (χ1n) is 3.90. The lowest BCUT2D eigenvalue weighted by atomic mass is 10.3. The highest BCUT2D eigenvalue weighted by Crippen LogP contribution is 2.02. The Hall–Kier alpha value is -1.17. The molecular weight excluding hydrogens is 237 g/mol. The number of aromatic nitrogens is 4. The molecule has 2 aromatic rings. The monoisotopic (exact) mass is 247 g/mol. The molecular formula is C8H11Cl2N5. The molecule has 2 rings (SSSR count). The third-order valence-electron chi connectivity index (χ3n) is 1.70. The van der Waals surface area contributed by atoms with Gasteiger partial charge in [-0.3, -0.25) is 0 Å². The van der Waals surface area contributed by atoms with E-state index in [2.05, 4.69) is 15.1 Å². The predicted octanol–water partition coefficient (Wildman–Crippen LogP) is 0.965. The number of rotatable bonds is 2. The minimum Gasteiger partial charge on any atom is -0.326 e. The quantitative estimate of drug-likeness (QED) is 0.859. The number of hydrogen-bond donors (Lipinski definition) is 1. The molecule has 0 saturated carbocycles. The van der Waals surface area contributed by atoms with Crippen LogP contribution in [0.25, 0.3) is 5.82 Å². The van der Waals surface area contributed by atoms with Crippen LogP contribution in [0.3, 0.4) is 0 Å². The summed E-state index contributed by atoms with van der Waals surface area (Å²) in [5.41, 5.74) is 6.45. The largest absolute Gasteiger partial charge is 0.326 e. The van der Waals surface area contributed by atoms with E-state index in [0.717, 1.165) is 11.4 Å². The van der Waals surface area contributed by atoms with E-state index in [-0.39, 0.29) is 24.8 Å². The van der Waals surface area contributed by atoms with Gasteiger partial charge in [0.2, 0.25) is 0 Å². The fourth-order valence-corrected chi connectivity index (χ4v) is 0.999. The molecule has 0 aromatic carbocycles. The standard InChI is InChI=1S/C8H9N5.2ClH/c9-3-7-1-2-8(11-4-7)13-6-10-5-12-13;;/h1-2,4-6H,3,9H2;2*1H. The van der Waals surface area contributed by atoms with Crippen LogP contribution in [0.5, 0.6) is 0 Å². The van der Waals surface area contributed by atoms with E-state index in [1.807, 2.05) is 12.1 Å². The van der Waals surface area contributed by atoms with Gasteiger partial charge in [-0.1, -0.05) is 6.07 Å². The Morgan fingerprint density at radius 2 is 2.07 bits per heavy atom. The molecule has 2 N–H and O–H groups in total. The zero-order valence-electron chi connectivity index (χ0n) is 7.78. The second kappa shape index (κ2) is 6.34. The van der Waals surface area contributed by atoms with E-state index >= 15 is 0 Å². The molecule has 0 unspecified atom stereocenters. The summed E-state index contributed by atoms with van der Waals surface area (Å²) in [5.74, 6) is 0.745. The molecule has 82 valence electrons. The van der Waals surface area contributed by atoms with Crippen molar-refractivity contribution >= 4 is 24.8 Å². The highest BCUT2D eigenvalue weighted by Gasteiger charge is 1.96. The minimum atomic E-state index is 0. The van der Waals surface area contributed by atoms with Crippen LogP contribution in [0.4, 0.5) is 0 Å². The van der Waals surface area contributed by atoms with Crippen LogP contribution in [0.2, 0.25) is 0 Å². The molecule has 0 amide bonds. The van der Waals surface area contributed by atoms with Gasteiger partial charge in [0.1, 0.15) is 12.7 Å². The van der Waals surface area contributed by atoms with Crippen LogP contribution in [-0.2, 0) is 6.54 Å². The van der Waals surface area contributed by atoms with Gasteiger partial charge in [-0.05, 0) is 11.6 Å². The van der Waals surface area contributed by atoms with E-state index < -0.39 is 0 Å². The second-order valence-corrected chi connectivity index (χ2v) is 2.57. The maximum Gasteiger partial charge on any atom is 0.155 e. The molecule has 5 nitrogen and oxygen atoms in total. The lowest BCUT2D eigenvalue weighted by Crippen LogP contribution is -2.01. The van der Waals surface area contributed by atoms with Crippen LogP contribution in [0.15, 0.2) is 31.0 Å². The number of nitrogens with zero attached hydrogens (tertiary/aromatic N) is 4. The minimum absolute atomic E-state index is 0. The lowest BCUT2D eigenvalue weighted by Gasteiger charge is -1.99. The van der Waals surface area contributed by atoms with Gasteiger partial charge in [0.05, 0.1) is 0 Å². The number of pyridine rings is 1. The van der Waals surface area contributed by atoms with E-state index in [0.29, 0.717) is 6.54 Å². The molecule has 2 aromatic heterocycles. The normalized spacial score (nSPS) is 8.87. The first-order valence-corrected chi connectivity index (χ1v) is 3.90. The van der Waals surface area contributed by atoms with E-state index in [1.165, 1.54) is 6.33 Å². The second-order valence-electron chi connectivity index (χ2n) is 2.57. The van der Waals surface area contributed by atoms with E-state index in [9.17, 15) is 0 Å². The average Bonchev–Trinajstić information content (AvgIpc) is 2.71. The fourth-order valence-electron chi connectivity index (χ4n) is 0.999. The van der Waals surface area contributed by atoms with Crippen molar-refractivity contribution in [2.45, 2.75) is 6.54 Å². The lowest BCUT2D eigenvalue weighted by molar-refractivity contribution is 0.841. The third kappa shape index (κ3) is 3.16. The zero-order chi connectivity index (χ0) is 9.10. The summed E-state index contributed by atoms with van der Waals surface area (Å²) in [5, 5.41) is 3.95. The Bertz CT molecular complexity index is 372. The number of hydrogen-bond acceptors (Lipinski definition) is 4. The summed E-state index contributed by atoms with van der Waals surface area (Å²) in [6.45, 7) is 0.505. The van der Waals surface area contributed by atoms with Gasteiger partial charge >= 0.3 is 0 Å². The Morgan fingerprint density at radius 3 is 2.53 bits per heavy atom.